The van der Waals surface area contributed by atoms with Crippen molar-refractivity contribution in [1.29, 1.82) is 0 Å². The summed E-state index contributed by atoms with van der Waals surface area (Å²) in [5.41, 5.74) is 1.98. The van der Waals surface area contributed by atoms with Gasteiger partial charge in [0.15, 0.2) is 0 Å². The number of para-hydroxylation sites is 1. The van der Waals surface area contributed by atoms with Crippen LogP contribution < -0.4 is 5.32 Å². The first-order chi connectivity index (χ1) is 8.62. The molecule has 1 saturated heterocycles. The van der Waals surface area contributed by atoms with Gasteiger partial charge in [-0.25, -0.2) is 4.98 Å². The summed E-state index contributed by atoms with van der Waals surface area (Å²) in [6.07, 6.45) is 3.63. The molecular formula is C14H18ClN3. The molecule has 1 N–H and O–H groups in total. The van der Waals surface area contributed by atoms with Crippen LogP contribution in [0.25, 0.3) is 11.0 Å². The van der Waals surface area contributed by atoms with Crippen LogP contribution in [-0.2, 0) is 12.6 Å². The van der Waals surface area contributed by atoms with E-state index in [2.05, 4.69) is 23.9 Å². The Morgan fingerprint density at radius 1 is 1.39 bits per heavy atom. The van der Waals surface area contributed by atoms with E-state index in [0.717, 1.165) is 34.8 Å². The number of piperidine rings is 1. The minimum Gasteiger partial charge on any atom is -0.328 e. The quantitative estimate of drug-likeness (QED) is 0.856. The zero-order valence-corrected chi connectivity index (χ0v) is 11.6. The molecule has 1 aromatic heterocycles. The van der Waals surface area contributed by atoms with Crippen LogP contribution in [0.2, 0.25) is 5.02 Å². The maximum Gasteiger partial charge on any atom is 0.129 e. The van der Waals surface area contributed by atoms with Gasteiger partial charge >= 0.3 is 0 Å². The number of hydrogen-bond donors (Lipinski definition) is 1. The number of fused-ring (bicyclic) bond motifs is 1. The second kappa shape index (κ2) is 4.25. The highest BCUT2D eigenvalue weighted by Crippen LogP contribution is 2.33. The van der Waals surface area contributed by atoms with Gasteiger partial charge in [-0.3, -0.25) is 0 Å². The van der Waals surface area contributed by atoms with Gasteiger partial charge in [0.05, 0.1) is 21.6 Å². The molecule has 0 saturated carbocycles. The Labute approximate surface area is 112 Å². The van der Waals surface area contributed by atoms with E-state index in [-0.39, 0.29) is 5.54 Å². The highest BCUT2D eigenvalue weighted by Gasteiger charge is 2.33. The van der Waals surface area contributed by atoms with Crippen molar-refractivity contribution in [3.8, 4) is 0 Å². The molecule has 0 aliphatic carbocycles. The van der Waals surface area contributed by atoms with E-state index in [9.17, 15) is 0 Å². The number of nitrogens with zero attached hydrogens (tertiary/aromatic N) is 2. The Kier molecular flexibility index (Phi) is 2.83. The molecule has 1 aliphatic rings. The van der Waals surface area contributed by atoms with Crippen molar-refractivity contribution in [2.45, 2.75) is 31.7 Å². The van der Waals surface area contributed by atoms with Crippen molar-refractivity contribution in [2.24, 2.45) is 7.05 Å². The van der Waals surface area contributed by atoms with Gasteiger partial charge in [-0.05, 0) is 44.9 Å². The van der Waals surface area contributed by atoms with Crippen molar-refractivity contribution in [3.63, 3.8) is 0 Å². The average Bonchev–Trinajstić information content (AvgIpc) is 2.70. The smallest absolute Gasteiger partial charge is 0.129 e. The van der Waals surface area contributed by atoms with Crippen molar-refractivity contribution in [2.75, 3.05) is 6.54 Å². The number of halogens is 1. The largest absolute Gasteiger partial charge is 0.328 e. The van der Waals surface area contributed by atoms with Crippen molar-refractivity contribution in [1.82, 2.24) is 14.9 Å². The Morgan fingerprint density at radius 3 is 2.89 bits per heavy atom. The minimum atomic E-state index is -0.0324. The molecule has 0 radical (unpaired) electrons. The van der Waals surface area contributed by atoms with E-state index >= 15 is 0 Å². The van der Waals surface area contributed by atoms with Crippen LogP contribution in [0.15, 0.2) is 18.2 Å². The molecule has 2 aromatic rings. The summed E-state index contributed by atoms with van der Waals surface area (Å²) in [7, 11) is 2.05. The predicted molar refractivity (Wildman–Crippen MR) is 74.9 cm³/mol. The average molecular weight is 264 g/mol. The molecule has 3 rings (SSSR count). The second-order valence-electron chi connectivity index (χ2n) is 5.32. The highest BCUT2D eigenvalue weighted by atomic mass is 35.5. The van der Waals surface area contributed by atoms with Crippen molar-refractivity contribution < 1.29 is 0 Å². The van der Waals surface area contributed by atoms with E-state index in [0.29, 0.717) is 0 Å². The van der Waals surface area contributed by atoms with Crippen LogP contribution in [-0.4, -0.2) is 16.1 Å². The lowest BCUT2D eigenvalue weighted by Crippen LogP contribution is -2.45. The number of nitrogens with one attached hydrogen (secondary N) is 1. The third kappa shape index (κ3) is 1.73. The normalized spacial score (nSPS) is 24.6. The van der Waals surface area contributed by atoms with Gasteiger partial charge in [0, 0.05) is 7.05 Å². The lowest BCUT2D eigenvalue weighted by Gasteiger charge is -2.34. The van der Waals surface area contributed by atoms with Gasteiger partial charge in [-0.1, -0.05) is 17.7 Å². The summed E-state index contributed by atoms with van der Waals surface area (Å²) in [6.45, 7) is 3.30. The first-order valence-electron chi connectivity index (χ1n) is 6.48. The molecule has 96 valence electrons. The predicted octanol–water partition coefficient (Wildman–Crippen LogP) is 3.22. The van der Waals surface area contributed by atoms with Crippen LogP contribution in [0.5, 0.6) is 0 Å². The fourth-order valence-corrected chi connectivity index (χ4v) is 3.26. The second-order valence-corrected chi connectivity index (χ2v) is 5.73. The molecule has 0 bridgehead atoms. The zero-order chi connectivity index (χ0) is 12.8. The number of benzene rings is 1. The van der Waals surface area contributed by atoms with Gasteiger partial charge in [-0.2, -0.15) is 0 Å². The third-order valence-electron chi connectivity index (χ3n) is 3.96. The third-order valence-corrected chi connectivity index (χ3v) is 4.26. The SMILES string of the molecule is Cn1c(C2(C)CCCCN2)nc2cccc(Cl)c21. The molecule has 0 amide bonds. The number of hydrogen-bond acceptors (Lipinski definition) is 2. The lowest BCUT2D eigenvalue weighted by atomic mass is 9.90. The molecule has 1 unspecified atom stereocenters. The van der Waals surface area contributed by atoms with E-state index < -0.39 is 0 Å². The van der Waals surface area contributed by atoms with Gasteiger partial charge in [-0.15, -0.1) is 0 Å². The van der Waals surface area contributed by atoms with Crippen LogP contribution >= 0.6 is 11.6 Å². The highest BCUT2D eigenvalue weighted by molar-refractivity contribution is 6.35. The molecule has 18 heavy (non-hydrogen) atoms. The first kappa shape index (κ1) is 12.0. The van der Waals surface area contributed by atoms with E-state index in [1.165, 1.54) is 12.8 Å². The first-order valence-corrected chi connectivity index (χ1v) is 6.86. The van der Waals surface area contributed by atoms with E-state index in [1.54, 1.807) is 0 Å². The number of imidazole rings is 1. The van der Waals surface area contributed by atoms with Crippen LogP contribution in [0.1, 0.15) is 32.0 Å². The molecule has 1 aliphatic heterocycles. The summed E-state index contributed by atoms with van der Waals surface area (Å²) in [5, 5.41) is 4.38. The van der Waals surface area contributed by atoms with Crippen LogP contribution in [0.4, 0.5) is 0 Å². The molecule has 1 aromatic carbocycles. The lowest BCUT2D eigenvalue weighted by molar-refractivity contribution is 0.264. The summed E-state index contributed by atoms with van der Waals surface area (Å²) in [5.74, 6) is 1.09. The minimum absolute atomic E-state index is 0.0324. The number of aromatic nitrogens is 2. The molecule has 4 heteroatoms. The van der Waals surface area contributed by atoms with Crippen molar-refractivity contribution >= 4 is 22.6 Å². The Bertz CT molecular complexity index is 582. The van der Waals surface area contributed by atoms with Gasteiger partial charge in [0.1, 0.15) is 5.82 Å². The molecule has 1 atom stereocenters. The van der Waals surface area contributed by atoms with Crippen molar-refractivity contribution in [3.05, 3.63) is 29.0 Å². The molecule has 3 nitrogen and oxygen atoms in total. The maximum atomic E-state index is 6.28. The summed E-state index contributed by atoms with van der Waals surface area (Å²) >= 11 is 6.28. The topological polar surface area (TPSA) is 29.9 Å². The Balaban J connectivity index is 2.18. The molecule has 1 fully saturated rings. The summed E-state index contributed by atoms with van der Waals surface area (Å²) in [6, 6.07) is 5.90. The monoisotopic (exact) mass is 263 g/mol. The van der Waals surface area contributed by atoms with Crippen LogP contribution in [0.3, 0.4) is 0 Å². The zero-order valence-electron chi connectivity index (χ0n) is 10.8. The number of rotatable bonds is 1. The van der Waals surface area contributed by atoms with Crippen LogP contribution in [0, 0.1) is 0 Å². The summed E-state index contributed by atoms with van der Waals surface area (Å²) in [4.78, 5) is 4.78. The Morgan fingerprint density at radius 2 is 2.22 bits per heavy atom. The maximum absolute atomic E-state index is 6.28. The standard InChI is InChI=1S/C14H18ClN3/c1-14(8-3-4-9-16-14)13-17-11-7-5-6-10(15)12(11)18(13)2/h5-7,16H,3-4,8-9H2,1-2H3. The molecule has 2 heterocycles. The van der Waals surface area contributed by atoms with Gasteiger partial charge in [0.25, 0.3) is 0 Å². The fraction of sp³-hybridized carbons (Fsp3) is 0.500. The van der Waals surface area contributed by atoms with Gasteiger partial charge < -0.3 is 9.88 Å². The molecular weight excluding hydrogens is 246 g/mol. The van der Waals surface area contributed by atoms with E-state index in [1.807, 2.05) is 18.2 Å². The van der Waals surface area contributed by atoms with Gasteiger partial charge in [0.2, 0.25) is 0 Å². The summed E-state index contributed by atoms with van der Waals surface area (Å²) < 4.78 is 2.13. The molecule has 0 spiro atoms. The fourth-order valence-electron chi connectivity index (χ4n) is 2.96. The van der Waals surface area contributed by atoms with E-state index in [4.69, 9.17) is 16.6 Å². The Hall–Kier alpha value is -1.06. The number of aryl methyl sites for hydroxylation is 1.